The number of pyridine rings is 1. The van der Waals surface area contributed by atoms with Gasteiger partial charge in [-0.1, -0.05) is 32.6 Å². The average Bonchev–Trinajstić information content (AvgIpc) is 3.03. The van der Waals surface area contributed by atoms with Gasteiger partial charge >= 0.3 is 0 Å². The minimum Gasteiger partial charge on any atom is -0.508 e. The van der Waals surface area contributed by atoms with Crippen molar-refractivity contribution in [3.8, 4) is 5.75 Å². The van der Waals surface area contributed by atoms with Gasteiger partial charge < -0.3 is 10.4 Å². The number of rotatable bonds is 4. The second-order valence-electron chi connectivity index (χ2n) is 10.2. The molecule has 2 saturated carbocycles. The highest BCUT2D eigenvalue weighted by Crippen LogP contribution is 2.65. The molecule has 3 heteroatoms. The maximum Gasteiger partial charge on any atom is 0.115 e. The van der Waals surface area contributed by atoms with Crippen LogP contribution in [0.4, 0.5) is 0 Å². The van der Waals surface area contributed by atoms with E-state index in [2.05, 4.69) is 42.9 Å². The highest BCUT2D eigenvalue weighted by molar-refractivity contribution is 5.40. The molecule has 0 bridgehead atoms. The number of aromatic hydroxyl groups is 1. The second-order valence-corrected chi connectivity index (χ2v) is 10.2. The fourth-order valence-corrected chi connectivity index (χ4v) is 7.16. The van der Waals surface area contributed by atoms with Crippen LogP contribution in [0, 0.1) is 29.1 Å². The van der Waals surface area contributed by atoms with Crippen molar-refractivity contribution in [2.45, 2.75) is 58.4 Å². The van der Waals surface area contributed by atoms with Crippen LogP contribution in [0.1, 0.15) is 62.1 Å². The van der Waals surface area contributed by atoms with Crippen LogP contribution in [0.25, 0.3) is 0 Å². The third kappa shape index (κ3) is 3.14. The van der Waals surface area contributed by atoms with Crippen molar-refractivity contribution in [3.63, 3.8) is 0 Å². The summed E-state index contributed by atoms with van der Waals surface area (Å²) >= 11 is 0. The van der Waals surface area contributed by atoms with Gasteiger partial charge in [-0.2, -0.15) is 0 Å². The Morgan fingerprint density at radius 1 is 1.30 bits per heavy atom. The number of nitrogens with one attached hydrogen (secondary N) is 1. The van der Waals surface area contributed by atoms with Gasteiger partial charge in [0.05, 0.1) is 0 Å². The third-order valence-corrected chi connectivity index (χ3v) is 8.99. The Morgan fingerprint density at radius 3 is 2.97 bits per heavy atom. The van der Waals surface area contributed by atoms with Gasteiger partial charge in [0.1, 0.15) is 5.75 Å². The molecule has 0 saturated heterocycles. The van der Waals surface area contributed by atoms with Crippen molar-refractivity contribution in [2.24, 2.45) is 29.1 Å². The van der Waals surface area contributed by atoms with E-state index in [4.69, 9.17) is 0 Å². The summed E-state index contributed by atoms with van der Waals surface area (Å²) in [6.45, 7) is 10.3. The topological polar surface area (TPSA) is 45.2 Å². The molecule has 0 amide bonds. The molecule has 2 fully saturated rings. The minimum atomic E-state index is 0.402. The highest BCUT2D eigenvalue weighted by Gasteiger charge is 2.57. The summed E-state index contributed by atoms with van der Waals surface area (Å²) in [4.78, 5) is 4.23. The lowest BCUT2D eigenvalue weighted by Gasteiger charge is -2.50. The molecule has 3 aliphatic carbocycles. The van der Waals surface area contributed by atoms with Gasteiger partial charge in [0.15, 0.2) is 0 Å². The van der Waals surface area contributed by atoms with Gasteiger partial charge in [-0.15, -0.1) is 0 Å². The van der Waals surface area contributed by atoms with E-state index in [0.29, 0.717) is 28.9 Å². The molecule has 6 atom stereocenters. The number of aromatic nitrogens is 1. The Morgan fingerprint density at radius 2 is 2.17 bits per heavy atom. The molecular formula is C27H34N2O. The van der Waals surface area contributed by atoms with E-state index in [1.807, 2.05) is 30.6 Å². The van der Waals surface area contributed by atoms with Crippen molar-refractivity contribution < 1.29 is 5.11 Å². The summed E-state index contributed by atoms with van der Waals surface area (Å²) in [6.07, 6.45) is 9.96. The molecule has 158 valence electrons. The number of phenols is 1. The van der Waals surface area contributed by atoms with E-state index in [-0.39, 0.29) is 0 Å². The molecule has 0 aliphatic heterocycles. The Bertz CT molecular complexity index is 939. The Kier molecular flexibility index (Phi) is 4.88. The SMILES string of the molecule is C=C(NCc1cccnc1)C1CC2C3CCc4cc(O)ccc4C3CC[C@]2(C)[C@H]1C. The molecule has 30 heavy (non-hydrogen) atoms. The van der Waals surface area contributed by atoms with Crippen LogP contribution in [0.2, 0.25) is 0 Å². The zero-order valence-corrected chi connectivity index (χ0v) is 18.3. The van der Waals surface area contributed by atoms with Gasteiger partial charge in [-0.05, 0) is 96.1 Å². The lowest BCUT2D eigenvalue weighted by Crippen LogP contribution is -2.42. The molecule has 1 heterocycles. The summed E-state index contributed by atoms with van der Waals surface area (Å²) in [5, 5.41) is 13.5. The zero-order chi connectivity index (χ0) is 20.9. The molecule has 1 aromatic carbocycles. The summed E-state index contributed by atoms with van der Waals surface area (Å²) in [5.41, 5.74) is 5.71. The number of allylic oxidation sites excluding steroid dienone is 1. The maximum atomic E-state index is 9.92. The molecule has 4 unspecified atom stereocenters. The number of fused-ring (bicyclic) bond motifs is 5. The molecule has 5 rings (SSSR count). The lowest BCUT2D eigenvalue weighted by molar-refractivity contribution is 0.0321. The quantitative estimate of drug-likeness (QED) is 0.678. The Hall–Kier alpha value is -2.29. The van der Waals surface area contributed by atoms with Crippen LogP contribution in [0.15, 0.2) is 55.0 Å². The maximum absolute atomic E-state index is 9.92. The molecule has 3 aliphatic rings. The summed E-state index contributed by atoms with van der Waals surface area (Å²) in [7, 11) is 0. The first-order valence-electron chi connectivity index (χ1n) is 11.6. The van der Waals surface area contributed by atoms with Crippen LogP contribution >= 0.6 is 0 Å². The predicted octanol–water partition coefficient (Wildman–Crippen LogP) is 5.81. The Labute approximate surface area is 180 Å². The van der Waals surface area contributed by atoms with E-state index in [0.717, 1.165) is 24.8 Å². The molecule has 2 aromatic rings. The molecule has 3 nitrogen and oxygen atoms in total. The first kappa shape index (κ1) is 19.7. The second kappa shape index (κ2) is 7.44. The number of hydrogen-bond donors (Lipinski definition) is 2. The van der Waals surface area contributed by atoms with E-state index in [1.54, 1.807) is 0 Å². The number of benzene rings is 1. The van der Waals surface area contributed by atoms with Crippen LogP contribution in [-0.4, -0.2) is 10.1 Å². The van der Waals surface area contributed by atoms with Crippen molar-refractivity contribution in [1.29, 1.82) is 0 Å². The van der Waals surface area contributed by atoms with Gasteiger partial charge in [-0.3, -0.25) is 4.98 Å². The van der Waals surface area contributed by atoms with Crippen LogP contribution < -0.4 is 5.32 Å². The van der Waals surface area contributed by atoms with Crippen LogP contribution in [-0.2, 0) is 13.0 Å². The number of phenolic OH excluding ortho intramolecular Hbond substituents is 1. The molecule has 2 N–H and O–H groups in total. The standard InChI is InChI=1S/C27H34N2O/c1-17-25(18(2)29-16-19-5-4-12-28-15-19)14-26-24-8-6-20-13-21(30)7-9-22(20)23(24)10-11-27(17,26)3/h4-5,7,9,12-13,15,17,23-26,29-30H,2,6,8,10-11,14,16H2,1,3H3/t17-,23?,24?,25?,26?,27+/m0/s1. The fraction of sp³-hybridized carbons (Fsp3) is 0.519. The zero-order valence-electron chi connectivity index (χ0n) is 18.3. The first-order chi connectivity index (χ1) is 14.5. The number of hydrogen-bond acceptors (Lipinski definition) is 3. The smallest absolute Gasteiger partial charge is 0.115 e. The number of nitrogens with zero attached hydrogens (tertiary/aromatic N) is 1. The van der Waals surface area contributed by atoms with Crippen molar-refractivity contribution in [3.05, 3.63) is 71.7 Å². The monoisotopic (exact) mass is 402 g/mol. The van der Waals surface area contributed by atoms with Gasteiger partial charge in [0.2, 0.25) is 0 Å². The first-order valence-corrected chi connectivity index (χ1v) is 11.6. The van der Waals surface area contributed by atoms with Crippen molar-refractivity contribution in [1.82, 2.24) is 10.3 Å². The highest BCUT2D eigenvalue weighted by atomic mass is 16.3. The van der Waals surface area contributed by atoms with E-state index < -0.39 is 0 Å². The van der Waals surface area contributed by atoms with Crippen LogP contribution in [0.5, 0.6) is 5.75 Å². The normalized spacial score (nSPS) is 34.5. The van der Waals surface area contributed by atoms with Gasteiger partial charge in [0.25, 0.3) is 0 Å². The predicted molar refractivity (Wildman–Crippen MR) is 121 cm³/mol. The van der Waals surface area contributed by atoms with E-state index in [1.165, 1.54) is 48.1 Å². The van der Waals surface area contributed by atoms with Crippen LogP contribution in [0.3, 0.4) is 0 Å². The summed E-state index contributed by atoms with van der Waals surface area (Å²) < 4.78 is 0. The Balaban J connectivity index is 1.34. The van der Waals surface area contributed by atoms with Gasteiger partial charge in [-0.25, -0.2) is 0 Å². The molecular weight excluding hydrogens is 368 g/mol. The molecule has 0 spiro atoms. The summed E-state index contributed by atoms with van der Waals surface area (Å²) in [5.74, 6) is 3.79. The molecule has 0 radical (unpaired) electrons. The largest absolute Gasteiger partial charge is 0.508 e. The average molecular weight is 403 g/mol. The lowest BCUT2D eigenvalue weighted by atomic mass is 9.54. The minimum absolute atomic E-state index is 0.402. The van der Waals surface area contributed by atoms with E-state index >= 15 is 0 Å². The van der Waals surface area contributed by atoms with E-state index in [9.17, 15) is 5.11 Å². The summed E-state index contributed by atoms with van der Waals surface area (Å²) in [6, 6.07) is 10.2. The van der Waals surface area contributed by atoms with Crippen molar-refractivity contribution >= 4 is 0 Å². The number of aryl methyl sites for hydroxylation is 1. The fourth-order valence-electron chi connectivity index (χ4n) is 7.16. The third-order valence-electron chi connectivity index (χ3n) is 8.99. The van der Waals surface area contributed by atoms with Crippen molar-refractivity contribution in [2.75, 3.05) is 0 Å². The molecule has 1 aromatic heterocycles. The van der Waals surface area contributed by atoms with Gasteiger partial charge in [0, 0.05) is 30.6 Å².